The van der Waals surface area contributed by atoms with Crippen LogP contribution in [0.5, 0.6) is 0 Å². The Balaban J connectivity index is 2.07. The second-order valence-corrected chi connectivity index (χ2v) is 4.12. The number of nitrogens with zero attached hydrogens (tertiary/aromatic N) is 2. The number of fused-ring (bicyclic) bond motifs is 1. The zero-order valence-corrected chi connectivity index (χ0v) is 9.71. The Morgan fingerprint density at radius 3 is 2.94 bits per heavy atom. The SMILES string of the molecule is CC[C@@H](c1cc2ccccc2o1)n1ccnc1. The molecule has 1 aromatic carbocycles. The molecule has 0 aliphatic rings. The van der Waals surface area contributed by atoms with Gasteiger partial charge in [0.2, 0.25) is 0 Å². The van der Waals surface area contributed by atoms with Crippen LogP contribution in [0.25, 0.3) is 11.0 Å². The minimum atomic E-state index is 0.227. The third-order valence-electron chi connectivity index (χ3n) is 3.04. The first-order valence-electron chi connectivity index (χ1n) is 5.84. The van der Waals surface area contributed by atoms with E-state index in [1.807, 2.05) is 30.7 Å². The number of hydrogen-bond acceptors (Lipinski definition) is 2. The van der Waals surface area contributed by atoms with E-state index in [0.717, 1.165) is 23.2 Å². The van der Waals surface area contributed by atoms with Gasteiger partial charge in [0.25, 0.3) is 0 Å². The Hall–Kier alpha value is -2.03. The number of benzene rings is 1. The van der Waals surface area contributed by atoms with E-state index >= 15 is 0 Å². The largest absolute Gasteiger partial charge is 0.459 e. The molecule has 3 aromatic rings. The molecule has 0 fully saturated rings. The van der Waals surface area contributed by atoms with Gasteiger partial charge in [-0.15, -0.1) is 0 Å². The average molecular weight is 226 g/mol. The zero-order valence-electron chi connectivity index (χ0n) is 9.71. The van der Waals surface area contributed by atoms with Crippen molar-refractivity contribution in [3.8, 4) is 0 Å². The predicted octanol–water partition coefficient (Wildman–Crippen LogP) is 3.63. The van der Waals surface area contributed by atoms with Crippen molar-refractivity contribution < 1.29 is 4.42 Å². The molecule has 86 valence electrons. The molecule has 0 spiro atoms. The van der Waals surface area contributed by atoms with Crippen LogP contribution in [-0.2, 0) is 0 Å². The van der Waals surface area contributed by atoms with Gasteiger partial charge in [-0.1, -0.05) is 25.1 Å². The minimum absolute atomic E-state index is 0.227. The van der Waals surface area contributed by atoms with Gasteiger partial charge >= 0.3 is 0 Å². The van der Waals surface area contributed by atoms with E-state index in [0.29, 0.717) is 0 Å². The summed E-state index contributed by atoms with van der Waals surface area (Å²) in [5.74, 6) is 0.992. The number of para-hydroxylation sites is 1. The molecule has 17 heavy (non-hydrogen) atoms. The fraction of sp³-hybridized carbons (Fsp3) is 0.214. The maximum Gasteiger partial charge on any atom is 0.134 e. The molecule has 0 radical (unpaired) electrons. The second-order valence-electron chi connectivity index (χ2n) is 4.12. The van der Waals surface area contributed by atoms with Crippen LogP contribution >= 0.6 is 0 Å². The maximum absolute atomic E-state index is 5.90. The lowest BCUT2D eigenvalue weighted by atomic mass is 10.1. The Bertz CT molecular complexity index is 577. The van der Waals surface area contributed by atoms with Crippen molar-refractivity contribution >= 4 is 11.0 Å². The summed E-state index contributed by atoms with van der Waals surface area (Å²) in [7, 11) is 0. The van der Waals surface area contributed by atoms with Crippen LogP contribution in [0, 0.1) is 0 Å². The second kappa shape index (κ2) is 4.09. The molecule has 0 N–H and O–H groups in total. The van der Waals surface area contributed by atoms with E-state index in [-0.39, 0.29) is 6.04 Å². The van der Waals surface area contributed by atoms with Gasteiger partial charge in [-0.3, -0.25) is 0 Å². The van der Waals surface area contributed by atoms with Gasteiger partial charge in [0.15, 0.2) is 0 Å². The number of hydrogen-bond donors (Lipinski definition) is 0. The molecule has 0 saturated carbocycles. The Kier molecular flexibility index (Phi) is 2.44. The topological polar surface area (TPSA) is 31.0 Å². The van der Waals surface area contributed by atoms with Crippen LogP contribution in [0.15, 0.2) is 53.5 Å². The normalized spacial score (nSPS) is 13.0. The molecule has 0 saturated heterocycles. The maximum atomic E-state index is 5.90. The Labute approximate surface area is 99.7 Å². The summed E-state index contributed by atoms with van der Waals surface area (Å²) in [6, 6.07) is 10.4. The van der Waals surface area contributed by atoms with Gasteiger partial charge in [0.05, 0.1) is 12.4 Å². The third-order valence-corrected chi connectivity index (χ3v) is 3.04. The molecular weight excluding hydrogens is 212 g/mol. The highest BCUT2D eigenvalue weighted by atomic mass is 16.3. The molecule has 2 heterocycles. The summed E-state index contributed by atoms with van der Waals surface area (Å²) < 4.78 is 7.98. The first-order chi connectivity index (χ1) is 8.38. The lowest BCUT2D eigenvalue weighted by Gasteiger charge is -2.13. The summed E-state index contributed by atoms with van der Waals surface area (Å²) in [5.41, 5.74) is 0.945. The smallest absolute Gasteiger partial charge is 0.134 e. The van der Waals surface area contributed by atoms with Crippen molar-refractivity contribution in [2.75, 3.05) is 0 Å². The Morgan fingerprint density at radius 1 is 1.35 bits per heavy atom. The van der Waals surface area contributed by atoms with Gasteiger partial charge in [-0.25, -0.2) is 4.98 Å². The highest BCUT2D eigenvalue weighted by Crippen LogP contribution is 2.28. The molecule has 0 unspecified atom stereocenters. The third kappa shape index (κ3) is 1.73. The van der Waals surface area contributed by atoms with Crippen molar-refractivity contribution in [3.63, 3.8) is 0 Å². The minimum Gasteiger partial charge on any atom is -0.459 e. The van der Waals surface area contributed by atoms with Crippen LogP contribution in [0.1, 0.15) is 25.1 Å². The summed E-state index contributed by atoms with van der Waals surface area (Å²) in [4.78, 5) is 4.09. The average Bonchev–Trinajstić information content (AvgIpc) is 2.98. The lowest BCUT2D eigenvalue weighted by molar-refractivity contribution is 0.439. The standard InChI is InChI=1S/C14H14N2O/c1-2-12(16-8-7-15-10-16)14-9-11-5-3-4-6-13(11)17-14/h3-10,12H,2H2,1H3/t12-/m0/s1. The summed E-state index contributed by atoms with van der Waals surface area (Å²) >= 11 is 0. The van der Waals surface area contributed by atoms with Crippen molar-refractivity contribution in [1.29, 1.82) is 0 Å². The van der Waals surface area contributed by atoms with Crippen LogP contribution in [0.2, 0.25) is 0 Å². The first-order valence-corrected chi connectivity index (χ1v) is 5.84. The van der Waals surface area contributed by atoms with E-state index < -0.39 is 0 Å². The molecule has 3 rings (SSSR count). The number of aromatic nitrogens is 2. The quantitative estimate of drug-likeness (QED) is 0.682. The van der Waals surface area contributed by atoms with Crippen molar-refractivity contribution in [3.05, 3.63) is 54.8 Å². The van der Waals surface area contributed by atoms with Crippen molar-refractivity contribution in [2.45, 2.75) is 19.4 Å². The number of imidazole rings is 1. The molecule has 0 bridgehead atoms. The van der Waals surface area contributed by atoms with Gasteiger partial charge in [-0.05, 0) is 18.6 Å². The van der Waals surface area contributed by atoms with E-state index in [1.165, 1.54) is 0 Å². The van der Waals surface area contributed by atoms with Gasteiger partial charge < -0.3 is 8.98 Å². The first kappa shape index (κ1) is 10.1. The highest BCUT2D eigenvalue weighted by Gasteiger charge is 2.15. The molecule has 0 aliphatic carbocycles. The van der Waals surface area contributed by atoms with Crippen molar-refractivity contribution in [1.82, 2.24) is 9.55 Å². The fourth-order valence-electron chi connectivity index (χ4n) is 2.18. The highest BCUT2D eigenvalue weighted by molar-refractivity contribution is 5.77. The van der Waals surface area contributed by atoms with E-state index in [1.54, 1.807) is 6.20 Å². The van der Waals surface area contributed by atoms with E-state index in [2.05, 4.69) is 28.6 Å². The zero-order chi connectivity index (χ0) is 11.7. The summed E-state index contributed by atoms with van der Waals surface area (Å²) in [5, 5.41) is 1.15. The molecule has 1 atom stereocenters. The molecule has 3 heteroatoms. The van der Waals surface area contributed by atoms with Gasteiger partial charge in [0, 0.05) is 17.8 Å². The Morgan fingerprint density at radius 2 is 2.24 bits per heavy atom. The molecule has 3 nitrogen and oxygen atoms in total. The summed E-state index contributed by atoms with van der Waals surface area (Å²) in [6.07, 6.45) is 6.59. The van der Waals surface area contributed by atoms with Crippen molar-refractivity contribution in [2.24, 2.45) is 0 Å². The predicted molar refractivity (Wildman–Crippen MR) is 66.9 cm³/mol. The number of furan rings is 1. The molecule has 0 amide bonds. The number of rotatable bonds is 3. The molecular formula is C14H14N2O. The van der Waals surface area contributed by atoms with Crippen LogP contribution in [0.4, 0.5) is 0 Å². The van der Waals surface area contributed by atoms with E-state index in [9.17, 15) is 0 Å². The molecule has 2 aromatic heterocycles. The summed E-state index contributed by atoms with van der Waals surface area (Å²) in [6.45, 7) is 2.15. The fourth-order valence-corrected chi connectivity index (χ4v) is 2.18. The monoisotopic (exact) mass is 226 g/mol. The van der Waals surface area contributed by atoms with Crippen LogP contribution in [0.3, 0.4) is 0 Å². The van der Waals surface area contributed by atoms with Crippen LogP contribution in [-0.4, -0.2) is 9.55 Å². The van der Waals surface area contributed by atoms with E-state index in [4.69, 9.17) is 4.42 Å². The molecule has 0 aliphatic heterocycles. The lowest BCUT2D eigenvalue weighted by Crippen LogP contribution is -2.06. The van der Waals surface area contributed by atoms with Gasteiger partial charge in [0.1, 0.15) is 11.3 Å². The van der Waals surface area contributed by atoms with Gasteiger partial charge in [-0.2, -0.15) is 0 Å². The van der Waals surface area contributed by atoms with Crippen LogP contribution < -0.4 is 0 Å².